The van der Waals surface area contributed by atoms with E-state index in [1.165, 1.54) is 11.8 Å². The highest BCUT2D eigenvalue weighted by atomic mass is 16.5. The van der Waals surface area contributed by atoms with Crippen LogP contribution in [-0.4, -0.2) is 32.8 Å². The van der Waals surface area contributed by atoms with Gasteiger partial charge in [0.2, 0.25) is 5.95 Å². The Morgan fingerprint density at radius 2 is 2.08 bits per heavy atom. The number of hydrogen-bond acceptors (Lipinski definition) is 6. The van der Waals surface area contributed by atoms with Crippen molar-refractivity contribution >= 4 is 11.5 Å². The second-order valence-corrected chi connectivity index (χ2v) is 5.84. The van der Waals surface area contributed by atoms with E-state index in [4.69, 9.17) is 10.5 Å². The molecule has 7 nitrogen and oxygen atoms in total. The van der Waals surface area contributed by atoms with E-state index in [-0.39, 0.29) is 5.95 Å². The van der Waals surface area contributed by atoms with Crippen LogP contribution in [0, 0.1) is 11.3 Å². The standard InChI is InChI=1S/C17H16N6O/c18-7-13-8-20-17(19)22-16(13)14-9-21-23-10-12(1-2-15(14)23)11-3-5-24-6-4-11/h1-2,8-11H,3-6H2,(H2,19,20,22). The molecule has 4 rings (SSSR count). The van der Waals surface area contributed by atoms with Crippen LogP contribution in [0.25, 0.3) is 16.8 Å². The Balaban J connectivity index is 1.79. The van der Waals surface area contributed by atoms with Gasteiger partial charge >= 0.3 is 0 Å². The molecule has 3 aromatic rings. The molecule has 24 heavy (non-hydrogen) atoms. The molecule has 3 aromatic heterocycles. The quantitative estimate of drug-likeness (QED) is 0.776. The summed E-state index contributed by atoms with van der Waals surface area (Å²) in [4.78, 5) is 8.10. The predicted octanol–water partition coefficient (Wildman–Crippen LogP) is 2.14. The number of nitrogens with two attached hydrogens (primary N) is 1. The molecular formula is C17H16N6O. The molecule has 120 valence electrons. The fourth-order valence-corrected chi connectivity index (χ4v) is 3.14. The van der Waals surface area contributed by atoms with Crippen molar-refractivity contribution in [2.75, 3.05) is 18.9 Å². The number of ether oxygens (including phenoxy) is 1. The van der Waals surface area contributed by atoms with Gasteiger partial charge in [0.25, 0.3) is 0 Å². The maximum Gasteiger partial charge on any atom is 0.220 e. The summed E-state index contributed by atoms with van der Waals surface area (Å²) in [6.45, 7) is 1.61. The molecule has 2 N–H and O–H groups in total. The van der Waals surface area contributed by atoms with Crippen molar-refractivity contribution in [3.05, 3.63) is 41.9 Å². The zero-order valence-corrected chi connectivity index (χ0v) is 13.0. The number of nitrogen functional groups attached to an aromatic ring is 1. The van der Waals surface area contributed by atoms with E-state index < -0.39 is 0 Å². The number of hydrogen-bond donors (Lipinski definition) is 1. The maximum atomic E-state index is 9.28. The third-order valence-electron chi connectivity index (χ3n) is 4.41. The smallest absolute Gasteiger partial charge is 0.220 e. The minimum absolute atomic E-state index is 0.141. The molecule has 1 aliphatic heterocycles. The number of fused-ring (bicyclic) bond motifs is 1. The molecule has 0 spiro atoms. The summed E-state index contributed by atoms with van der Waals surface area (Å²) in [6.07, 6.45) is 7.26. The molecule has 7 heteroatoms. The average Bonchev–Trinajstić information content (AvgIpc) is 3.05. The van der Waals surface area contributed by atoms with Gasteiger partial charge in [-0.15, -0.1) is 0 Å². The Bertz CT molecular complexity index is 936. The van der Waals surface area contributed by atoms with Crippen LogP contribution in [-0.2, 0) is 4.74 Å². The predicted molar refractivity (Wildman–Crippen MR) is 88.1 cm³/mol. The van der Waals surface area contributed by atoms with Crippen molar-refractivity contribution in [1.82, 2.24) is 19.6 Å². The van der Waals surface area contributed by atoms with Crippen molar-refractivity contribution in [1.29, 1.82) is 5.26 Å². The van der Waals surface area contributed by atoms with Crippen molar-refractivity contribution < 1.29 is 4.74 Å². The summed E-state index contributed by atoms with van der Waals surface area (Å²) in [5, 5.41) is 13.7. The summed E-state index contributed by atoms with van der Waals surface area (Å²) in [7, 11) is 0. The van der Waals surface area contributed by atoms with Gasteiger partial charge in [-0.2, -0.15) is 10.4 Å². The van der Waals surface area contributed by atoms with Gasteiger partial charge in [0.1, 0.15) is 6.07 Å². The van der Waals surface area contributed by atoms with Crippen molar-refractivity contribution in [3.8, 4) is 17.3 Å². The molecular weight excluding hydrogens is 304 g/mol. The van der Waals surface area contributed by atoms with E-state index in [0.29, 0.717) is 17.2 Å². The van der Waals surface area contributed by atoms with Crippen LogP contribution in [0.2, 0.25) is 0 Å². The van der Waals surface area contributed by atoms with Crippen LogP contribution in [0.15, 0.2) is 30.7 Å². The number of pyridine rings is 1. The molecule has 0 radical (unpaired) electrons. The number of anilines is 1. The molecule has 4 heterocycles. The summed E-state index contributed by atoms with van der Waals surface area (Å²) < 4.78 is 7.26. The van der Waals surface area contributed by atoms with E-state index in [0.717, 1.165) is 37.1 Å². The highest BCUT2D eigenvalue weighted by Gasteiger charge is 2.18. The van der Waals surface area contributed by atoms with Gasteiger partial charge in [0.15, 0.2) is 0 Å². The molecule has 0 saturated carbocycles. The Morgan fingerprint density at radius 1 is 1.25 bits per heavy atom. The summed E-state index contributed by atoms with van der Waals surface area (Å²) in [5.41, 5.74) is 9.50. The van der Waals surface area contributed by atoms with Crippen molar-refractivity contribution in [2.45, 2.75) is 18.8 Å². The summed E-state index contributed by atoms with van der Waals surface area (Å²) >= 11 is 0. The minimum atomic E-state index is 0.141. The van der Waals surface area contributed by atoms with Gasteiger partial charge in [-0.05, 0) is 30.4 Å². The largest absolute Gasteiger partial charge is 0.381 e. The number of nitriles is 1. The first-order chi connectivity index (χ1) is 11.8. The first kappa shape index (κ1) is 14.6. The van der Waals surface area contributed by atoms with Gasteiger partial charge in [0, 0.05) is 25.0 Å². The van der Waals surface area contributed by atoms with Crippen LogP contribution in [0.5, 0.6) is 0 Å². The molecule has 0 aliphatic carbocycles. The third kappa shape index (κ3) is 2.47. The molecule has 0 bridgehead atoms. The fourth-order valence-electron chi connectivity index (χ4n) is 3.14. The molecule has 1 fully saturated rings. The second-order valence-electron chi connectivity index (χ2n) is 5.84. The average molecular weight is 320 g/mol. The van der Waals surface area contributed by atoms with Crippen LogP contribution < -0.4 is 5.73 Å². The SMILES string of the molecule is N#Cc1cnc(N)nc1-c1cnn2cc(C3CCOCC3)ccc12. The topological polar surface area (TPSA) is 102 Å². The number of aromatic nitrogens is 4. The fraction of sp³-hybridized carbons (Fsp3) is 0.294. The van der Waals surface area contributed by atoms with Crippen LogP contribution in [0.3, 0.4) is 0 Å². The molecule has 1 saturated heterocycles. The van der Waals surface area contributed by atoms with Crippen LogP contribution in [0.4, 0.5) is 5.95 Å². The molecule has 0 aromatic carbocycles. The van der Waals surface area contributed by atoms with E-state index >= 15 is 0 Å². The highest BCUT2D eigenvalue weighted by molar-refractivity contribution is 5.81. The lowest BCUT2D eigenvalue weighted by atomic mass is 9.93. The van der Waals surface area contributed by atoms with E-state index in [1.807, 2.05) is 16.8 Å². The maximum absolute atomic E-state index is 9.28. The van der Waals surface area contributed by atoms with Crippen molar-refractivity contribution in [2.24, 2.45) is 0 Å². The summed E-state index contributed by atoms with van der Waals surface area (Å²) in [6, 6.07) is 6.25. The highest BCUT2D eigenvalue weighted by Crippen LogP contribution is 2.30. The number of nitrogens with zero attached hydrogens (tertiary/aromatic N) is 5. The van der Waals surface area contributed by atoms with Gasteiger partial charge in [-0.3, -0.25) is 0 Å². The first-order valence-corrected chi connectivity index (χ1v) is 7.84. The van der Waals surface area contributed by atoms with Gasteiger partial charge in [-0.25, -0.2) is 14.5 Å². The van der Waals surface area contributed by atoms with E-state index in [1.54, 1.807) is 6.20 Å². The zero-order chi connectivity index (χ0) is 16.5. The van der Waals surface area contributed by atoms with Crippen LogP contribution in [0.1, 0.15) is 29.9 Å². The number of rotatable bonds is 2. The summed E-state index contributed by atoms with van der Waals surface area (Å²) in [5.74, 6) is 0.641. The lowest BCUT2D eigenvalue weighted by Crippen LogP contribution is -2.14. The molecule has 0 amide bonds. The Kier molecular flexibility index (Phi) is 3.59. The van der Waals surface area contributed by atoms with E-state index in [9.17, 15) is 5.26 Å². The lowest BCUT2D eigenvalue weighted by molar-refractivity contribution is 0.0852. The first-order valence-electron chi connectivity index (χ1n) is 7.84. The monoisotopic (exact) mass is 320 g/mol. The van der Waals surface area contributed by atoms with Gasteiger partial charge in [-0.1, -0.05) is 6.07 Å². The van der Waals surface area contributed by atoms with Gasteiger partial charge in [0.05, 0.1) is 29.2 Å². The van der Waals surface area contributed by atoms with E-state index in [2.05, 4.69) is 27.2 Å². The molecule has 0 atom stereocenters. The van der Waals surface area contributed by atoms with Crippen molar-refractivity contribution in [3.63, 3.8) is 0 Å². The Morgan fingerprint density at radius 3 is 2.88 bits per heavy atom. The second kappa shape index (κ2) is 5.91. The zero-order valence-electron chi connectivity index (χ0n) is 13.0. The Hall–Kier alpha value is -2.98. The Labute approximate surface area is 138 Å². The normalized spacial score (nSPS) is 15.5. The third-order valence-corrected chi connectivity index (χ3v) is 4.41. The molecule has 0 unspecified atom stereocenters. The van der Waals surface area contributed by atoms with Gasteiger partial charge < -0.3 is 10.5 Å². The molecule has 1 aliphatic rings. The lowest BCUT2D eigenvalue weighted by Gasteiger charge is -2.22. The minimum Gasteiger partial charge on any atom is -0.381 e. The van der Waals surface area contributed by atoms with Crippen LogP contribution >= 0.6 is 0 Å².